The second kappa shape index (κ2) is 11.4. The summed E-state index contributed by atoms with van der Waals surface area (Å²) in [6.45, 7) is 3.51. The van der Waals surface area contributed by atoms with E-state index in [0.29, 0.717) is 41.7 Å². The molecule has 2 heterocycles. The molecule has 0 bridgehead atoms. The van der Waals surface area contributed by atoms with Crippen LogP contribution in [-0.4, -0.2) is 51.9 Å². The third-order valence-electron chi connectivity index (χ3n) is 6.86. The summed E-state index contributed by atoms with van der Waals surface area (Å²) < 4.78 is 6.66. The molecule has 3 N–H and O–H groups in total. The summed E-state index contributed by atoms with van der Waals surface area (Å²) in [4.78, 5) is 45.1. The molecule has 9 heteroatoms. The number of ether oxygens (including phenoxy) is 1. The minimum atomic E-state index is -0.492. The molecule has 1 fully saturated rings. The maximum absolute atomic E-state index is 13.4. The van der Waals surface area contributed by atoms with E-state index < -0.39 is 5.92 Å². The van der Waals surface area contributed by atoms with Crippen LogP contribution >= 0.6 is 0 Å². The molecule has 1 aliphatic rings. The predicted molar refractivity (Wildman–Crippen MR) is 142 cm³/mol. The average molecular weight is 504 g/mol. The number of hydrogen-bond donors (Lipinski definition) is 2. The van der Waals surface area contributed by atoms with Crippen LogP contribution in [0.1, 0.15) is 60.9 Å². The van der Waals surface area contributed by atoms with Crippen molar-refractivity contribution in [2.75, 3.05) is 19.7 Å². The van der Waals surface area contributed by atoms with Gasteiger partial charge in [0.15, 0.2) is 0 Å². The summed E-state index contributed by atoms with van der Waals surface area (Å²) in [7, 11) is 1.71. The molecule has 0 spiro atoms. The fourth-order valence-corrected chi connectivity index (χ4v) is 4.82. The largest absolute Gasteiger partial charge is 0.466 e. The topological polar surface area (TPSA) is 131 Å². The van der Waals surface area contributed by atoms with Gasteiger partial charge in [-0.3, -0.25) is 19.8 Å². The smallest absolute Gasteiger partial charge is 0.305 e. The first-order valence-corrected chi connectivity index (χ1v) is 12.7. The first-order valence-electron chi connectivity index (χ1n) is 12.7. The number of amidine groups is 1. The Morgan fingerprint density at radius 2 is 1.84 bits per heavy atom. The molecule has 1 atom stereocenters. The molecule has 1 aromatic heterocycles. The monoisotopic (exact) mass is 503 g/mol. The standard InChI is InChI=1S/C28H33N5O4/c1-3-37-25(34)13-11-21(27(35)33-14-4-5-15-33)20-10-12-24-22(17-20)31-23(28(36)32(24)2)16-18-6-8-19(9-7-18)26(29)30/h6-10,12,17,21H,3-5,11,13-16H2,1-2H3,(H3,29,30). The van der Waals surface area contributed by atoms with Crippen LogP contribution in [0.5, 0.6) is 0 Å². The van der Waals surface area contributed by atoms with Gasteiger partial charge in [0.2, 0.25) is 5.91 Å². The Hall–Kier alpha value is -4.01. The van der Waals surface area contributed by atoms with Crippen molar-refractivity contribution in [1.29, 1.82) is 5.41 Å². The van der Waals surface area contributed by atoms with Gasteiger partial charge in [-0.15, -0.1) is 0 Å². The highest BCUT2D eigenvalue weighted by atomic mass is 16.5. The Morgan fingerprint density at radius 1 is 1.14 bits per heavy atom. The molecule has 1 aliphatic heterocycles. The number of fused-ring (bicyclic) bond motifs is 1. The molecule has 0 saturated carbocycles. The summed E-state index contributed by atoms with van der Waals surface area (Å²) in [6, 6.07) is 12.7. The molecule has 1 saturated heterocycles. The first kappa shape index (κ1) is 26.1. The van der Waals surface area contributed by atoms with E-state index in [1.54, 1.807) is 30.7 Å². The van der Waals surface area contributed by atoms with Gasteiger partial charge in [0.05, 0.1) is 23.6 Å². The first-order chi connectivity index (χ1) is 17.8. The van der Waals surface area contributed by atoms with E-state index >= 15 is 0 Å². The number of rotatable bonds is 9. The summed E-state index contributed by atoms with van der Waals surface area (Å²) in [5.74, 6) is -0.814. The van der Waals surface area contributed by atoms with Crippen LogP contribution in [0.25, 0.3) is 11.0 Å². The number of esters is 1. The van der Waals surface area contributed by atoms with Crippen molar-refractivity contribution in [1.82, 2.24) is 14.5 Å². The predicted octanol–water partition coefficient (Wildman–Crippen LogP) is 2.86. The van der Waals surface area contributed by atoms with Crippen LogP contribution in [-0.2, 0) is 27.8 Å². The van der Waals surface area contributed by atoms with Crippen molar-refractivity contribution in [3.63, 3.8) is 0 Å². The van der Waals surface area contributed by atoms with Crippen LogP contribution in [0.4, 0.5) is 0 Å². The maximum atomic E-state index is 13.4. The van der Waals surface area contributed by atoms with Crippen LogP contribution in [0.2, 0.25) is 0 Å². The molecular formula is C28H33N5O4. The van der Waals surface area contributed by atoms with Gasteiger partial charge in [-0.2, -0.15) is 0 Å². The van der Waals surface area contributed by atoms with Gasteiger partial charge >= 0.3 is 5.97 Å². The number of hydrogen-bond acceptors (Lipinski definition) is 6. The van der Waals surface area contributed by atoms with E-state index in [-0.39, 0.29) is 29.7 Å². The Morgan fingerprint density at radius 3 is 2.49 bits per heavy atom. The number of aromatic nitrogens is 2. The Balaban J connectivity index is 1.68. The zero-order valence-corrected chi connectivity index (χ0v) is 21.3. The van der Waals surface area contributed by atoms with Crippen molar-refractivity contribution in [3.8, 4) is 0 Å². The van der Waals surface area contributed by atoms with Crippen molar-refractivity contribution in [2.45, 2.75) is 44.9 Å². The van der Waals surface area contributed by atoms with E-state index in [9.17, 15) is 14.4 Å². The molecule has 0 radical (unpaired) electrons. The summed E-state index contributed by atoms with van der Waals surface area (Å²) in [6.07, 6.45) is 2.78. The number of nitrogens with two attached hydrogens (primary N) is 1. The molecular weight excluding hydrogens is 470 g/mol. The van der Waals surface area contributed by atoms with Crippen LogP contribution in [0.3, 0.4) is 0 Å². The van der Waals surface area contributed by atoms with Gasteiger partial charge < -0.3 is 19.9 Å². The lowest BCUT2D eigenvalue weighted by atomic mass is 9.92. The molecule has 37 heavy (non-hydrogen) atoms. The highest BCUT2D eigenvalue weighted by Gasteiger charge is 2.29. The number of likely N-dealkylation sites (tertiary alicyclic amines) is 1. The van der Waals surface area contributed by atoms with Crippen molar-refractivity contribution >= 4 is 28.7 Å². The number of carbonyl (C=O) groups excluding carboxylic acids is 2. The number of nitrogens with zero attached hydrogens (tertiary/aromatic N) is 3. The zero-order valence-electron chi connectivity index (χ0n) is 21.3. The lowest BCUT2D eigenvalue weighted by Crippen LogP contribution is -2.33. The second-order valence-corrected chi connectivity index (χ2v) is 9.39. The minimum absolute atomic E-state index is 0.0109. The molecule has 194 valence electrons. The third-order valence-corrected chi connectivity index (χ3v) is 6.86. The van der Waals surface area contributed by atoms with E-state index in [4.69, 9.17) is 20.9 Å². The zero-order chi connectivity index (χ0) is 26.5. The lowest BCUT2D eigenvalue weighted by Gasteiger charge is -2.24. The van der Waals surface area contributed by atoms with Gasteiger partial charge in [-0.25, -0.2) is 4.98 Å². The number of benzene rings is 2. The molecule has 4 rings (SSSR count). The SMILES string of the molecule is CCOC(=O)CCC(C(=O)N1CCCC1)c1ccc2c(c1)nc(Cc1ccc(C(=N)N)cc1)c(=O)n2C. The lowest BCUT2D eigenvalue weighted by molar-refractivity contribution is -0.143. The molecule has 1 amide bonds. The van der Waals surface area contributed by atoms with E-state index in [1.807, 2.05) is 35.2 Å². The Bertz CT molecular complexity index is 1370. The van der Waals surface area contributed by atoms with Gasteiger partial charge in [-0.05, 0) is 49.4 Å². The second-order valence-electron chi connectivity index (χ2n) is 9.39. The molecule has 3 aromatic rings. The fraction of sp³-hybridized carbons (Fsp3) is 0.393. The van der Waals surface area contributed by atoms with E-state index in [1.165, 1.54) is 0 Å². The van der Waals surface area contributed by atoms with E-state index in [2.05, 4.69) is 0 Å². The molecule has 9 nitrogen and oxygen atoms in total. The van der Waals surface area contributed by atoms with E-state index in [0.717, 1.165) is 37.1 Å². The number of nitrogen functional groups attached to an aromatic ring is 1. The number of carbonyl (C=O) groups is 2. The highest BCUT2D eigenvalue weighted by Crippen LogP contribution is 2.28. The van der Waals surface area contributed by atoms with Crippen LogP contribution < -0.4 is 11.3 Å². The van der Waals surface area contributed by atoms with Crippen molar-refractivity contribution in [2.24, 2.45) is 12.8 Å². The van der Waals surface area contributed by atoms with Crippen molar-refractivity contribution < 1.29 is 14.3 Å². The summed E-state index contributed by atoms with van der Waals surface area (Å²) >= 11 is 0. The Kier molecular flexibility index (Phi) is 8.01. The summed E-state index contributed by atoms with van der Waals surface area (Å²) in [5.41, 5.74) is 9.29. The van der Waals surface area contributed by atoms with Gasteiger partial charge in [0.1, 0.15) is 11.5 Å². The third kappa shape index (κ3) is 5.87. The average Bonchev–Trinajstić information content (AvgIpc) is 3.43. The van der Waals surface area contributed by atoms with Gasteiger partial charge in [-0.1, -0.05) is 30.3 Å². The van der Waals surface area contributed by atoms with Gasteiger partial charge in [0, 0.05) is 38.5 Å². The van der Waals surface area contributed by atoms with Gasteiger partial charge in [0.25, 0.3) is 5.56 Å². The Labute approximate surface area is 215 Å². The highest BCUT2D eigenvalue weighted by molar-refractivity contribution is 5.94. The summed E-state index contributed by atoms with van der Waals surface area (Å²) in [5, 5.41) is 7.55. The number of aryl methyl sites for hydroxylation is 1. The number of nitrogens with one attached hydrogen (secondary N) is 1. The molecule has 2 aromatic carbocycles. The minimum Gasteiger partial charge on any atom is -0.466 e. The number of amides is 1. The maximum Gasteiger partial charge on any atom is 0.305 e. The fourth-order valence-electron chi connectivity index (χ4n) is 4.82. The molecule has 0 aliphatic carbocycles. The van der Waals surface area contributed by atoms with Crippen molar-refractivity contribution in [3.05, 3.63) is 75.2 Å². The van der Waals surface area contributed by atoms with Crippen LogP contribution in [0.15, 0.2) is 47.3 Å². The molecule has 1 unspecified atom stereocenters. The van der Waals surface area contributed by atoms with Crippen LogP contribution in [0, 0.1) is 5.41 Å². The quantitative estimate of drug-likeness (QED) is 0.262. The normalized spacial score (nSPS) is 14.1.